The predicted molar refractivity (Wildman–Crippen MR) is 103 cm³/mol. The highest BCUT2D eigenvalue weighted by atomic mass is 16.5. The lowest BCUT2D eigenvalue weighted by molar-refractivity contribution is -0.126. The molecule has 6 nitrogen and oxygen atoms in total. The van der Waals surface area contributed by atoms with Crippen molar-refractivity contribution in [3.63, 3.8) is 0 Å². The molecule has 0 fully saturated rings. The molecule has 0 spiro atoms. The van der Waals surface area contributed by atoms with Crippen LogP contribution in [0.4, 0.5) is 5.69 Å². The van der Waals surface area contributed by atoms with E-state index < -0.39 is 12.1 Å². The second-order valence-electron chi connectivity index (χ2n) is 6.21. The highest BCUT2D eigenvalue weighted by molar-refractivity contribution is 5.98. The number of amides is 1. The van der Waals surface area contributed by atoms with Gasteiger partial charge in [0.2, 0.25) is 0 Å². The van der Waals surface area contributed by atoms with E-state index in [1.807, 2.05) is 43.3 Å². The number of hydrogen-bond donors (Lipinski definition) is 0. The minimum Gasteiger partial charge on any atom is -0.449 e. The van der Waals surface area contributed by atoms with Crippen molar-refractivity contribution in [1.82, 2.24) is 9.78 Å². The normalized spacial score (nSPS) is 11.7. The molecule has 0 aliphatic rings. The van der Waals surface area contributed by atoms with Gasteiger partial charge in [-0.2, -0.15) is 5.10 Å². The van der Waals surface area contributed by atoms with Gasteiger partial charge in [-0.15, -0.1) is 0 Å². The Hall–Kier alpha value is -3.41. The number of carbonyl (C=O) groups is 2. The first-order valence-electron chi connectivity index (χ1n) is 8.62. The molecule has 3 aromatic rings. The lowest BCUT2D eigenvalue weighted by atomic mass is 10.2. The van der Waals surface area contributed by atoms with Crippen molar-refractivity contribution < 1.29 is 14.3 Å². The van der Waals surface area contributed by atoms with E-state index in [0.717, 1.165) is 17.1 Å². The first-order valence-corrected chi connectivity index (χ1v) is 8.62. The van der Waals surface area contributed by atoms with E-state index >= 15 is 0 Å². The number of likely N-dealkylation sites (N-methyl/N-ethyl adjacent to an activating group) is 1. The van der Waals surface area contributed by atoms with Crippen LogP contribution < -0.4 is 4.90 Å². The van der Waals surface area contributed by atoms with Crippen LogP contribution in [0.15, 0.2) is 66.9 Å². The van der Waals surface area contributed by atoms with E-state index in [-0.39, 0.29) is 5.91 Å². The molecule has 0 aliphatic carbocycles. The molecule has 1 heterocycles. The van der Waals surface area contributed by atoms with Crippen molar-refractivity contribution in [1.29, 1.82) is 0 Å². The SMILES string of the molecule is Cc1ccnn1-c1ccc(C(=O)O[C@@H](C)C(=O)N(C)c2ccccc2)cc1. The molecule has 0 saturated heterocycles. The molecule has 0 unspecified atom stereocenters. The minimum absolute atomic E-state index is 0.293. The molecule has 3 rings (SSSR count). The summed E-state index contributed by atoms with van der Waals surface area (Å²) in [4.78, 5) is 26.3. The third-order valence-electron chi connectivity index (χ3n) is 4.29. The van der Waals surface area contributed by atoms with Gasteiger partial charge in [-0.05, 0) is 56.3 Å². The fourth-order valence-corrected chi connectivity index (χ4v) is 2.71. The first-order chi connectivity index (χ1) is 13.0. The van der Waals surface area contributed by atoms with Crippen LogP contribution in [0.3, 0.4) is 0 Å². The van der Waals surface area contributed by atoms with Gasteiger partial charge < -0.3 is 9.64 Å². The maximum Gasteiger partial charge on any atom is 0.338 e. The molecule has 0 aliphatic heterocycles. The van der Waals surface area contributed by atoms with Gasteiger partial charge in [0.1, 0.15) is 0 Å². The van der Waals surface area contributed by atoms with Crippen LogP contribution in [0.5, 0.6) is 0 Å². The van der Waals surface area contributed by atoms with E-state index in [2.05, 4.69) is 5.10 Å². The number of anilines is 1. The van der Waals surface area contributed by atoms with Crippen LogP contribution in [-0.2, 0) is 9.53 Å². The summed E-state index contributed by atoms with van der Waals surface area (Å²) in [5.74, 6) is -0.834. The summed E-state index contributed by atoms with van der Waals surface area (Å²) >= 11 is 0. The van der Waals surface area contributed by atoms with E-state index in [1.165, 1.54) is 4.90 Å². The first kappa shape index (κ1) is 18.4. The highest BCUT2D eigenvalue weighted by Crippen LogP contribution is 2.15. The summed E-state index contributed by atoms with van der Waals surface area (Å²) in [6, 6.07) is 18.0. The molecule has 1 amide bonds. The van der Waals surface area contributed by atoms with Crippen molar-refractivity contribution in [2.45, 2.75) is 20.0 Å². The Morgan fingerprint density at radius 3 is 2.30 bits per heavy atom. The average molecular weight is 363 g/mol. The summed E-state index contributed by atoms with van der Waals surface area (Å²) in [6.07, 6.45) is 0.823. The highest BCUT2D eigenvalue weighted by Gasteiger charge is 2.23. The molecule has 1 atom stereocenters. The number of ether oxygens (including phenoxy) is 1. The van der Waals surface area contributed by atoms with E-state index in [9.17, 15) is 9.59 Å². The van der Waals surface area contributed by atoms with Gasteiger partial charge in [0.05, 0.1) is 11.3 Å². The van der Waals surface area contributed by atoms with Crippen LogP contribution in [0.25, 0.3) is 5.69 Å². The average Bonchev–Trinajstić information content (AvgIpc) is 3.13. The second-order valence-corrected chi connectivity index (χ2v) is 6.21. The Labute approximate surface area is 158 Å². The molecule has 27 heavy (non-hydrogen) atoms. The maximum atomic E-state index is 12.5. The largest absolute Gasteiger partial charge is 0.449 e. The zero-order valence-corrected chi connectivity index (χ0v) is 15.5. The molecule has 0 saturated carbocycles. The zero-order valence-electron chi connectivity index (χ0n) is 15.5. The molecular weight excluding hydrogens is 342 g/mol. The zero-order chi connectivity index (χ0) is 19.4. The van der Waals surface area contributed by atoms with Gasteiger partial charge >= 0.3 is 5.97 Å². The monoisotopic (exact) mass is 363 g/mol. The number of rotatable bonds is 5. The number of esters is 1. The summed E-state index contributed by atoms with van der Waals surface area (Å²) in [6.45, 7) is 3.52. The van der Waals surface area contributed by atoms with Crippen LogP contribution in [-0.4, -0.2) is 34.8 Å². The third kappa shape index (κ3) is 4.06. The number of aromatic nitrogens is 2. The van der Waals surface area contributed by atoms with Crippen molar-refractivity contribution in [2.24, 2.45) is 0 Å². The third-order valence-corrected chi connectivity index (χ3v) is 4.29. The Morgan fingerprint density at radius 1 is 1.04 bits per heavy atom. The van der Waals surface area contributed by atoms with Gasteiger partial charge in [0.15, 0.2) is 6.10 Å². The quantitative estimate of drug-likeness (QED) is 0.652. The van der Waals surface area contributed by atoms with E-state index in [1.54, 1.807) is 49.1 Å². The van der Waals surface area contributed by atoms with Gasteiger partial charge in [0, 0.05) is 24.6 Å². The Morgan fingerprint density at radius 2 is 1.70 bits per heavy atom. The summed E-state index contributed by atoms with van der Waals surface area (Å²) in [7, 11) is 1.66. The molecule has 0 N–H and O–H groups in total. The van der Waals surface area contributed by atoms with E-state index in [0.29, 0.717) is 5.56 Å². The lowest BCUT2D eigenvalue weighted by Gasteiger charge is -2.21. The van der Waals surface area contributed by atoms with Crippen LogP contribution >= 0.6 is 0 Å². The fraction of sp³-hybridized carbons (Fsp3) is 0.190. The molecule has 0 radical (unpaired) electrons. The summed E-state index contributed by atoms with van der Waals surface area (Å²) in [5, 5.41) is 4.23. The second kappa shape index (κ2) is 7.86. The van der Waals surface area contributed by atoms with Crippen molar-refractivity contribution >= 4 is 17.6 Å². The molecule has 2 aromatic carbocycles. The minimum atomic E-state index is -0.893. The molecular formula is C21H21N3O3. The van der Waals surface area contributed by atoms with Crippen LogP contribution in [0, 0.1) is 6.92 Å². The van der Waals surface area contributed by atoms with E-state index in [4.69, 9.17) is 4.74 Å². The van der Waals surface area contributed by atoms with Gasteiger partial charge in [-0.1, -0.05) is 18.2 Å². The number of nitrogens with zero attached hydrogens (tertiary/aromatic N) is 3. The summed E-state index contributed by atoms with van der Waals surface area (Å²) in [5.41, 5.74) is 2.96. The number of hydrogen-bond acceptors (Lipinski definition) is 4. The number of para-hydroxylation sites is 1. The van der Waals surface area contributed by atoms with Crippen LogP contribution in [0.2, 0.25) is 0 Å². The van der Waals surface area contributed by atoms with Gasteiger partial charge in [-0.3, -0.25) is 4.79 Å². The molecule has 0 bridgehead atoms. The van der Waals surface area contributed by atoms with Crippen molar-refractivity contribution in [2.75, 3.05) is 11.9 Å². The van der Waals surface area contributed by atoms with Crippen LogP contribution in [0.1, 0.15) is 23.0 Å². The van der Waals surface area contributed by atoms with Gasteiger partial charge in [0.25, 0.3) is 5.91 Å². The Balaban J connectivity index is 1.66. The summed E-state index contributed by atoms with van der Waals surface area (Å²) < 4.78 is 7.12. The smallest absolute Gasteiger partial charge is 0.338 e. The molecule has 6 heteroatoms. The lowest BCUT2D eigenvalue weighted by Crippen LogP contribution is -2.37. The van der Waals surface area contributed by atoms with Gasteiger partial charge in [-0.25, -0.2) is 9.48 Å². The maximum absolute atomic E-state index is 12.5. The van der Waals surface area contributed by atoms with Crippen molar-refractivity contribution in [3.8, 4) is 5.69 Å². The Kier molecular flexibility index (Phi) is 5.35. The standard InChI is InChI=1S/C21H21N3O3/c1-15-13-14-22-24(15)19-11-9-17(10-12-19)21(26)27-16(2)20(25)23(3)18-7-5-4-6-8-18/h4-14,16H,1-3H3/t16-/m0/s1. The predicted octanol–water partition coefficient (Wildman–Crippen LogP) is 3.39. The topological polar surface area (TPSA) is 64.4 Å². The number of benzene rings is 2. The number of aryl methyl sites for hydroxylation is 1. The molecule has 1 aromatic heterocycles. The number of carbonyl (C=O) groups excluding carboxylic acids is 2. The molecule has 138 valence electrons. The Bertz CT molecular complexity index is 933. The van der Waals surface area contributed by atoms with Crippen molar-refractivity contribution in [3.05, 3.63) is 78.1 Å². The fourth-order valence-electron chi connectivity index (χ4n) is 2.71.